The molecule has 1 atom stereocenters. The molecule has 1 N–H and O–H groups in total. The van der Waals surface area contributed by atoms with Gasteiger partial charge in [0.1, 0.15) is 5.82 Å². The monoisotopic (exact) mass is 234 g/mol. The minimum absolute atomic E-state index is 0.0728. The molecule has 0 unspecified atom stereocenters. The van der Waals surface area contributed by atoms with Gasteiger partial charge in [-0.2, -0.15) is 0 Å². The molecule has 90 valence electrons. The van der Waals surface area contributed by atoms with Crippen molar-refractivity contribution in [2.45, 2.75) is 12.8 Å². The first kappa shape index (κ1) is 10.7. The fraction of sp³-hybridized carbons (Fsp3) is 0.462. The summed E-state index contributed by atoms with van der Waals surface area (Å²) in [5.41, 5.74) is 0.752. The van der Waals surface area contributed by atoms with Crippen LogP contribution in [0.5, 0.6) is 0 Å². The van der Waals surface area contributed by atoms with E-state index in [0.717, 1.165) is 19.5 Å². The zero-order valence-corrected chi connectivity index (χ0v) is 9.58. The lowest BCUT2D eigenvalue weighted by Gasteiger charge is -2.22. The fourth-order valence-electron chi connectivity index (χ4n) is 2.86. The standard InChI is InChI=1S/C13H15FN2O/c14-10-2-1-3-11(6-10)16-9-13(7-12(16)17)4-5-15-8-13/h1-3,6,15H,4-5,7-9H2/t13-/m0/s1. The second-order valence-electron chi connectivity index (χ2n) is 5.06. The maximum absolute atomic E-state index is 13.2. The number of hydrogen-bond acceptors (Lipinski definition) is 2. The van der Waals surface area contributed by atoms with Crippen molar-refractivity contribution >= 4 is 11.6 Å². The van der Waals surface area contributed by atoms with Crippen LogP contribution in [0.4, 0.5) is 10.1 Å². The van der Waals surface area contributed by atoms with Crippen LogP contribution in [0.3, 0.4) is 0 Å². The third-order valence-corrected chi connectivity index (χ3v) is 3.77. The van der Waals surface area contributed by atoms with Gasteiger partial charge in [0.05, 0.1) is 0 Å². The van der Waals surface area contributed by atoms with Gasteiger partial charge in [-0.25, -0.2) is 4.39 Å². The number of amides is 1. The molecule has 0 radical (unpaired) electrons. The molecule has 0 saturated carbocycles. The first-order chi connectivity index (χ1) is 8.19. The van der Waals surface area contributed by atoms with E-state index in [0.29, 0.717) is 18.7 Å². The van der Waals surface area contributed by atoms with Crippen LogP contribution in [-0.2, 0) is 4.79 Å². The minimum Gasteiger partial charge on any atom is -0.316 e. The van der Waals surface area contributed by atoms with Crippen molar-refractivity contribution in [2.75, 3.05) is 24.5 Å². The number of carbonyl (C=O) groups is 1. The molecule has 17 heavy (non-hydrogen) atoms. The first-order valence-electron chi connectivity index (χ1n) is 5.95. The molecular formula is C13H15FN2O. The predicted molar refractivity (Wildman–Crippen MR) is 63.3 cm³/mol. The van der Waals surface area contributed by atoms with Gasteiger partial charge in [0.25, 0.3) is 0 Å². The molecule has 1 spiro atoms. The molecular weight excluding hydrogens is 219 g/mol. The molecule has 0 aromatic heterocycles. The topological polar surface area (TPSA) is 32.3 Å². The molecule has 2 heterocycles. The number of anilines is 1. The van der Waals surface area contributed by atoms with Crippen molar-refractivity contribution in [1.82, 2.24) is 5.32 Å². The third kappa shape index (κ3) is 1.82. The van der Waals surface area contributed by atoms with Crippen LogP contribution < -0.4 is 10.2 Å². The minimum atomic E-state index is -0.291. The van der Waals surface area contributed by atoms with Gasteiger partial charge in [-0.15, -0.1) is 0 Å². The molecule has 2 aliphatic heterocycles. The lowest BCUT2D eigenvalue weighted by Crippen LogP contribution is -2.29. The first-order valence-corrected chi connectivity index (χ1v) is 5.95. The normalized spacial score (nSPS) is 28.3. The number of hydrogen-bond donors (Lipinski definition) is 1. The molecule has 4 heteroatoms. The summed E-state index contributed by atoms with van der Waals surface area (Å²) in [6.07, 6.45) is 1.61. The van der Waals surface area contributed by atoms with Crippen LogP contribution in [0.1, 0.15) is 12.8 Å². The Hall–Kier alpha value is -1.42. The van der Waals surface area contributed by atoms with E-state index in [1.807, 2.05) is 0 Å². The van der Waals surface area contributed by atoms with Crippen LogP contribution >= 0.6 is 0 Å². The van der Waals surface area contributed by atoms with Gasteiger partial charge in [-0.1, -0.05) is 6.07 Å². The fourth-order valence-corrected chi connectivity index (χ4v) is 2.86. The van der Waals surface area contributed by atoms with E-state index < -0.39 is 0 Å². The second kappa shape index (κ2) is 3.81. The Labute approximate surface area is 99.6 Å². The van der Waals surface area contributed by atoms with Gasteiger partial charge in [-0.3, -0.25) is 4.79 Å². The number of nitrogens with one attached hydrogen (secondary N) is 1. The largest absolute Gasteiger partial charge is 0.316 e. The summed E-state index contributed by atoms with van der Waals surface area (Å²) in [7, 11) is 0. The Morgan fingerprint density at radius 3 is 3.00 bits per heavy atom. The zero-order chi connectivity index (χ0) is 11.9. The number of carbonyl (C=O) groups excluding carboxylic acids is 1. The summed E-state index contributed by atoms with van der Waals surface area (Å²) in [4.78, 5) is 13.7. The lowest BCUT2D eigenvalue weighted by atomic mass is 9.86. The summed E-state index contributed by atoms with van der Waals surface area (Å²) in [6, 6.07) is 6.27. The Morgan fingerprint density at radius 1 is 1.41 bits per heavy atom. The van der Waals surface area contributed by atoms with Crippen LogP contribution in [0.2, 0.25) is 0 Å². The zero-order valence-electron chi connectivity index (χ0n) is 9.58. The lowest BCUT2D eigenvalue weighted by molar-refractivity contribution is -0.117. The van der Waals surface area contributed by atoms with Gasteiger partial charge in [0, 0.05) is 30.6 Å². The van der Waals surface area contributed by atoms with Crippen LogP contribution in [-0.4, -0.2) is 25.5 Å². The molecule has 0 bridgehead atoms. The van der Waals surface area contributed by atoms with Gasteiger partial charge in [0.15, 0.2) is 0 Å². The number of nitrogens with zero attached hydrogens (tertiary/aromatic N) is 1. The van der Waals surface area contributed by atoms with Crippen LogP contribution in [0.15, 0.2) is 24.3 Å². The maximum atomic E-state index is 13.2. The quantitative estimate of drug-likeness (QED) is 0.799. The molecule has 3 nitrogen and oxygen atoms in total. The number of benzene rings is 1. The van der Waals surface area contributed by atoms with Gasteiger partial charge >= 0.3 is 0 Å². The Kier molecular flexibility index (Phi) is 2.40. The molecule has 3 rings (SSSR count). The van der Waals surface area contributed by atoms with Crippen molar-refractivity contribution in [1.29, 1.82) is 0 Å². The summed E-state index contributed by atoms with van der Waals surface area (Å²) in [6.45, 7) is 2.58. The highest BCUT2D eigenvalue weighted by atomic mass is 19.1. The van der Waals surface area contributed by atoms with E-state index >= 15 is 0 Å². The highest BCUT2D eigenvalue weighted by molar-refractivity contribution is 5.96. The van der Waals surface area contributed by atoms with E-state index in [1.54, 1.807) is 17.0 Å². The highest BCUT2D eigenvalue weighted by Crippen LogP contribution is 2.38. The summed E-state index contributed by atoms with van der Waals surface area (Å²) >= 11 is 0. The van der Waals surface area contributed by atoms with E-state index in [-0.39, 0.29) is 17.1 Å². The van der Waals surface area contributed by atoms with E-state index in [4.69, 9.17) is 0 Å². The Balaban J connectivity index is 1.87. The molecule has 2 aliphatic rings. The van der Waals surface area contributed by atoms with Crippen molar-refractivity contribution in [3.05, 3.63) is 30.1 Å². The molecule has 1 aromatic rings. The van der Waals surface area contributed by atoms with E-state index in [1.165, 1.54) is 12.1 Å². The number of halogens is 1. The summed E-state index contributed by atoms with van der Waals surface area (Å²) in [5.74, 6) is -0.180. The molecule has 2 fully saturated rings. The third-order valence-electron chi connectivity index (χ3n) is 3.77. The predicted octanol–water partition coefficient (Wildman–Crippen LogP) is 1.54. The van der Waals surface area contributed by atoms with E-state index in [2.05, 4.69) is 5.32 Å². The van der Waals surface area contributed by atoms with Crippen molar-refractivity contribution in [2.24, 2.45) is 5.41 Å². The highest BCUT2D eigenvalue weighted by Gasteiger charge is 2.45. The Bertz CT molecular complexity index is 454. The van der Waals surface area contributed by atoms with Crippen molar-refractivity contribution in [3.8, 4) is 0 Å². The molecule has 2 saturated heterocycles. The summed E-state index contributed by atoms with van der Waals surface area (Å²) < 4.78 is 13.2. The average Bonchev–Trinajstić information content (AvgIpc) is 2.87. The summed E-state index contributed by atoms with van der Waals surface area (Å²) in [5, 5.41) is 3.31. The molecule has 1 amide bonds. The van der Waals surface area contributed by atoms with Gasteiger partial charge in [0.2, 0.25) is 5.91 Å². The van der Waals surface area contributed by atoms with E-state index in [9.17, 15) is 9.18 Å². The average molecular weight is 234 g/mol. The number of rotatable bonds is 1. The van der Waals surface area contributed by atoms with Gasteiger partial charge < -0.3 is 10.2 Å². The second-order valence-corrected chi connectivity index (χ2v) is 5.06. The molecule has 0 aliphatic carbocycles. The Morgan fingerprint density at radius 2 is 2.29 bits per heavy atom. The van der Waals surface area contributed by atoms with Crippen molar-refractivity contribution < 1.29 is 9.18 Å². The SMILES string of the molecule is O=C1C[C@]2(CCNC2)CN1c1cccc(F)c1. The maximum Gasteiger partial charge on any atom is 0.227 e. The molecule has 1 aromatic carbocycles. The van der Waals surface area contributed by atoms with Crippen LogP contribution in [0.25, 0.3) is 0 Å². The van der Waals surface area contributed by atoms with Crippen molar-refractivity contribution in [3.63, 3.8) is 0 Å². The van der Waals surface area contributed by atoms with Crippen LogP contribution in [0, 0.1) is 11.2 Å². The van der Waals surface area contributed by atoms with Gasteiger partial charge in [-0.05, 0) is 31.2 Å². The smallest absolute Gasteiger partial charge is 0.227 e.